The van der Waals surface area contributed by atoms with Crippen molar-refractivity contribution in [3.8, 4) is 0 Å². The Morgan fingerprint density at radius 2 is 2.27 bits per heavy atom. The number of halogens is 1. The van der Waals surface area contributed by atoms with Gasteiger partial charge in [0.1, 0.15) is 0 Å². The lowest BCUT2D eigenvalue weighted by molar-refractivity contribution is 0.591. The Morgan fingerprint density at radius 1 is 1.40 bits per heavy atom. The first kappa shape index (κ1) is 9.25. The number of H-pyrrole nitrogens is 1. The molecule has 1 atom stereocenters. The molecule has 2 aromatic rings. The number of benzene rings is 1. The quantitative estimate of drug-likeness (QED) is 0.760. The van der Waals surface area contributed by atoms with Crippen LogP contribution in [0.4, 0.5) is 0 Å². The summed E-state index contributed by atoms with van der Waals surface area (Å²) < 4.78 is 0. The standard InChI is InChI=1S/C12H13ClN2/c1-14-8-5-10-9-4-7(13)2-3-11(9)15-12(10)6-8/h2-4,8,14-15H,5-6H2,1H3. The highest BCUT2D eigenvalue weighted by atomic mass is 35.5. The predicted octanol–water partition coefficient (Wildman–Crippen LogP) is 2.51. The van der Waals surface area contributed by atoms with E-state index in [-0.39, 0.29) is 0 Å². The number of hydrogen-bond donors (Lipinski definition) is 2. The molecule has 3 heteroatoms. The number of aromatic amines is 1. The van der Waals surface area contributed by atoms with Crippen molar-refractivity contribution in [2.24, 2.45) is 0 Å². The van der Waals surface area contributed by atoms with Gasteiger partial charge in [0.25, 0.3) is 0 Å². The molecular formula is C12H13ClN2. The zero-order valence-electron chi connectivity index (χ0n) is 8.60. The average molecular weight is 221 g/mol. The smallest absolute Gasteiger partial charge is 0.0460 e. The fraction of sp³-hybridized carbons (Fsp3) is 0.333. The first-order valence-electron chi connectivity index (χ1n) is 5.24. The molecule has 1 aliphatic rings. The van der Waals surface area contributed by atoms with Crippen molar-refractivity contribution in [3.05, 3.63) is 34.5 Å². The Morgan fingerprint density at radius 3 is 3.07 bits per heavy atom. The van der Waals surface area contributed by atoms with Gasteiger partial charge in [0, 0.05) is 34.1 Å². The third kappa shape index (κ3) is 1.36. The zero-order chi connectivity index (χ0) is 10.4. The number of fused-ring (bicyclic) bond motifs is 3. The van der Waals surface area contributed by atoms with Crippen molar-refractivity contribution >= 4 is 22.5 Å². The van der Waals surface area contributed by atoms with Crippen LogP contribution in [0, 0.1) is 0 Å². The molecule has 0 aliphatic heterocycles. The van der Waals surface area contributed by atoms with E-state index < -0.39 is 0 Å². The van der Waals surface area contributed by atoms with E-state index in [9.17, 15) is 0 Å². The number of aromatic nitrogens is 1. The minimum absolute atomic E-state index is 0.578. The Balaban J connectivity index is 2.17. The normalized spacial score (nSPS) is 19.7. The predicted molar refractivity (Wildman–Crippen MR) is 63.6 cm³/mol. The van der Waals surface area contributed by atoms with Gasteiger partial charge in [-0.2, -0.15) is 0 Å². The maximum absolute atomic E-state index is 6.02. The molecule has 0 saturated carbocycles. The summed E-state index contributed by atoms with van der Waals surface area (Å²) in [5.41, 5.74) is 4.01. The van der Waals surface area contributed by atoms with Crippen LogP contribution in [-0.2, 0) is 12.8 Å². The van der Waals surface area contributed by atoms with E-state index in [0.717, 1.165) is 17.9 Å². The molecule has 2 nitrogen and oxygen atoms in total. The molecule has 2 N–H and O–H groups in total. The molecule has 0 bridgehead atoms. The monoisotopic (exact) mass is 220 g/mol. The molecule has 0 spiro atoms. The second kappa shape index (κ2) is 3.26. The van der Waals surface area contributed by atoms with Crippen LogP contribution in [0.3, 0.4) is 0 Å². The van der Waals surface area contributed by atoms with E-state index in [1.165, 1.54) is 22.2 Å². The molecule has 78 valence electrons. The van der Waals surface area contributed by atoms with Gasteiger partial charge in [-0.15, -0.1) is 0 Å². The Hall–Kier alpha value is -0.990. The Labute approximate surface area is 93.6 Å². The van der Waals surface area contributed by atoms with Crippen molar-refractivity contribution in [2.45, 2.75) is 18.9 Å². The highest BCUT2D eigenvalue weighted by Gasteiger charge is 2.23. The molecule has 0 radical (unpaired) electrons. The van der Waals surface area contributed by atoms with Gasteiger partial charge in [0.2, 0.25) is 0 Å². The maximum atomic E-state index is 6.02. The molecule has 0 saturated heterocycles. The Bertz CT molecular complexity index is 516. The first-order chi connectivity index (χ1) is 7.28. The van der Waals surface area contributed by atoms with Gasteiger partial charge in [-0.1, -0.05) is 11.6 Å². The largest absolute Gasteiger partial charge is 0.358 e. The summed E-state index contributed by atoms with van der Waals surface area (Å²) in [5, 5.41) is 5.43. The van der Waals surface area contributed by atoms with Gasteiger partial charge in [0.05, 0.1) is 0 Å². The van der Waals surface area contributed by atoms with Crippen LogP contribution in [0.15, 0.2) is 18.2 Å². The van der Waals surface area contributed by atoms with Gasteiger partial charge in [-0.25, -0.2) is 0 Å². The van der Waals surface area contributed by atoms with Crippen LogP contribution in [0.1, 0.15) is 11.3 Å². The molecule has 1 aliphatic carbocycles. The molecule has 1 aromatic carbocycles. The van der Waals surface area contributed by atoms with E-state index in [1.54, 1.807) is 0 Å². The number of rotatable bonds is 1. The van der Waals surface area contributed by atoms with Gasteiger partial charge < -0.3 is 10.3 Å². The summed E-state index contributed by atoms with van der Waals surface area (Å²) in [6, 6.07) is 6.63. The lowest BCUT2D eigenvalue weighted by Crippen LogP contribution is -2.25. The lowest BCUT2D eigenvalue weighted by Gasteiger charge is -2.06. The highest BCUT2D eigenvalue weighted by Crippen LogP contribution is 2.31. The molecule has 3 rings (SSSR count). The third-order valence-electron chi connectivity index (χ3n) is 3.27. The number of hydrogen-bond acceptors (Lipinski definition) is 1. The summed E-state index contributed by atoms with van der Waals surface area (Å²) in [5.74, 6) is 0. The van der Waals surface area contributed by atoms with E-state index in [0.29, 0.717) is 6.04 Å². The van der Waals surface area contributed by atoms with Gasteiger partial charge in [-0.3, -0.25) is 0 Å². The van der Waals surface area contributed by atoms with E-state index in [4.69, 9.17) is 11.6 Å². The van der Waals surface area contributed by atoms with Crippen LogP contribution >= 0.6 is 11.6 Å². The Kier molecular flexibility index (Phi) is 2.01. The SMILES string of the molecule is CNC1Cc2[nH]c3ccc(Cl)cc3c2C1. The van der Waals surface area contributed by atoms with Crippen LogP contribution in [-0.4, -0.2) is 18.1 Å². The topological polar surface area (TPSA) is 27.8 Å². The van der Waals surface area contributed by atoms with Crippen molar-refractivity contribution in [3.63, 3.8) is 0 Å². The summed E-state index contributed by atoms with van der Waals surface area (Å²) in [6.45, 7) is 0. The summed E-state index contributed by atoms with van der Waals surface area (Å²) in [4.78, 5) is 3.47. The van der Waals surface area contributed by atoms with Crippen LogP contribution < -0.4 is 5.32 Å². The summed E-state index contributed by atoms with van der Waals surface area (Å²) in [7, 11) is 2.02. The van der Waals surface area contributed by atoms with Crippen molar-refractivity contribution in [1.29, 1.82) is 0 Å². The maximum Gasteiger partial charge on any atom is 0.0460 e. The number of likely N-dealkylation sites (N-methyl/N-ethyl adjacent to an activating group) is 1. The van der Waals surface area contributed by atoms with Crippen molar-refractivity contribution in [1.82, 2.24) is 10.3 Å². The van der Waals surface area contributed by atoms with E-state index in [2.05, 4.69) is 22.4 Å². The van der Waals surface area contributed by atoms with Crippen molar-refractivity contribution < 1.29 is 0 Å². The minimum Gasteiger partial charge on any atom is -0.358 e. The van der Waals surface area contributed by atoms with E-state index in [1.807, 2.05) is 13.1 Å². The van der Waals surface area contributed by atoms with Crippen molar-refractivity contribution in [2.75, 3.05) is 7.05 Å². The average Bonchev–Trinajstić information content (AvgIpc) is 2.75. The van der Waals surface area contributed by atoms with Gasteiger partial charge in [-0.05, 0) is 37.2 Å². The van der Waals surface area contributed by atoms with Gasteiger partial charge >= 0.3 is 0 Å². The highest BCUT2D eigenvalue weighted by molar-refractivity contribution is 6.31. The van der Waals surface area contributed by atoms with E-state index >= 15 is 0 Å². The lowest BCUT2D eigenvalue weighted by atomic mass is 10.1. The minimum atomic E-state index is 0.578. The fourth-order valence-corrected chi connectivity index (χ4v) is 2.62. The molecule has 1 heterocycles. The molecule has 0 fully saturated rings. The number of nitrogens with one attached hydrogen (secondary N) is 2. The van der Waals surface area contributed by atoms with Crippen LogP contribution in [0.5, 0.6) is 0 Å². The van der Waals surface area contributed by atoms with Crippen LogP contribution in [0.2, 0.25) is 5.02 Å². The fourth-order valence-electron chi connectivity index (χ4n) is 2.45. The molecule has 1 aromatic heterocycles. The van der Waals surface area contributed by atoms with Gasteiger partial charge in [0.15, 0.2) is 0 Å². The zero-order valence-corrected chi connectivity index (χ0v) is 9.36. The molecule has 15 heavy (non-hydrogen) atoms. The molecule has 1 unspecified atom stereocenters. The second-order valence-electron chi connectivity index (χ2n) is 4.17. The third-order valence-corrected chi connectivity index (χ3v) is 3.50. The van der Waals surface area contributed by atoms with Crippen LogP contribution in [0.25, 0.3) is 10.9 Å². The summed E-state index contributed by atoms with van der Waals surface area (Å²) >= 11 is 6.02. The second-order valence-corrected chi connectivity index (χ2v) is 4.60. The molecule has 0 amide bonds. The first-order valence-corrected chi connectivity index (χ1v) is 5.62. The summed E-state index contributed by atoms with van der Waals surface area (Å²) in [6.07, 6.45) is 2.20. The molecular weight excluding hydrogens is 208 g/mol.